The van der Waals surface area contributed by atoms with Crippen molar-refractivity contribution in [2.75, 3.05) is 0 Å². The van der Waals surface area contributed by atoms with Crippen molar-refractivity contribution >= 4 is 44.4 Å². The van der Waals surface area contributed by atoms with Gasteiger partial charge in [-0.3, -0.25) is 4.79 Å². The maximum atomic E-state index is 11.6. The molecule has 0 aromatic heterocycles. The minimum atomic E-state index is -0.536. The van der Waals surface area contributed by atoms with E-state index in [-0.39, 0.29) is 26.2 Å². The van der Waals surface area contributed by atoms with E-state index in [1.165, 1.54) is 12.8 Å². The Labute approximate surface area is 302 Å². The summed E-state index contributed by atoms with van der Waals surface area (Å²) < 4.78 is 0. The van der Waals surface area contributed by atoms with E-state index < -0.39 is 15.8 Å². The van der Waals surface area contributed by atoms with E-state index in [1.807, 2.05) is 72.8 Å². The van der Waals surface area contributed by atoms with Crippen LogP contribution >= 0.6 is 15.8 Å². The molecule has 0 bridgehead atoms. The Hall–Kier alpha value is -2.45. The molecule has 1 nitrogen and oxygen atoms in total. The first-order valence-corrected chi connectivity index (χ1v) is 20.3. The number of carbonyl (C=O) groups is 1. The van der Waals surface area contributed by atoms with Crippen LogP contribution in [-0.4, -0.2) is 28.4 Å². The molecule has 0 aliphatic rings. The summed E-state index contributed by atoms with van der Waals surface area (Å²) in [5.41, 5.74) is 8.33. The number of aryl methyl sites for hydroxylation is 2. The van der Waals surface area contributed by atoms with E-state index in [2.05, 4.69) is 104 Å². The first-order chi connectivity index (χ1) is 22.1. The fraction of sp³-hybridized carbons (Fsp3) is 0.326. The number of hydrogen-bond acceptors (Lipinski definition) is 1. The topological polar surface area (TPSA) is 17.1 Å². The minimum absolute atomic E-state index is 0. The van der Waals surface area contributed by atoms with Crippen molar-refractivity contribution in [1.82, 2.24) is 0 Å². The molecule has 0 amide bonds. The second kappa shape index (κ2) is 21.5. The molecule has 0 N–H and O–H groups in total. The third kappa shape index (κ3) is 13.5. The molecule has 0 fully saturated rings. The Balaban J connectivity index is 0.000000349. The maximum absolute atomic E-state index is 11.6. The van der Waals surface area contributed by atoms with Crippen LogP contribution in [0.1, 0.15) is 77.6 Å². The van der Waals surface area contributed by atoms with Crippen molar-refractivity contribution in [1.29, 1.82) is 0 Å². The van der Waals surface area contributed by atoms with Crippen molar-refractivity contribution in [3.05, 3.63) is 144 Å². The van der Waals surface area contributed by atoms with Gasteiger partial charge in [-0.2, -0.15) is 0 Å². The molecule has 0 spiro atoms. The molecule has 4 aromatic carbocycles. The van der Waals surface area contributed by atoms with E-state index in [0.29, 0.717) is 0 Å². The number of allylic oxidation sites excluding steroid dienone is 2. The Bertz CT molecular complexity index is 1390. The molecule has 0 aliphatic heterocycles. The monoisotopic (exact) mass is 756 g/mol. The van der Waals surface area contributed by atoms with Crippen molar-refractivity contribution < 1.29 is 25.2 Å². The predicted molar refractivity (Wildman–Crippen MR) is 213 cm³/mol. The van der Waals surface area contributed by atoms with E-state index in [1.54, 1.807) is 33.9 Å². The summed E-state index contributed by atoms with van der Waals surface area (Å²) in [6.07, 6.45) is 9.14. The quantitative estimate of drug-likeness (QED) is 0.0754. The second-order valence-corrected chi connectivity index (χ2v) is 20.8. The largest absolute Gasteiger partial charge is 0.290 e. The first kappa shape index (κ1) is 40.7. The van der Waals surface area contributed by atoms with Crippen LogP contribution in [0, 0.1) is 0 Å². The van der Waals surface area contributed by atoms with Crippen LogP contribution in [0.3, 0.4) is 0 Å². The molecule has 4 aromatic rings. The van der Waals surface area contributed by atoms with Gasteiger partial charge in [0.2, 0.25) is 0 Å². The number of rotatable bonds is 13. The van der Waals surface area contributed by atoms with Gasteiger partial charge in [-0.1, -0.05) is 109 Å². The fourth-order valence-electron chi connectivity index (χ4n) is 6.43. The smallest absolute Gasteiger partial charge is 0.178 e. The zero-order chi connectivity index (χ0) is 33.5. The first-order valence-electron chi connectivity index (χ1n) is 17.0. The molecular formula is C43H56OP2Pd+2. The van der Waals surface area contributed by atoms with E-state index in [0.717, 1.165) is 33.8 Å². The Morgan fingerprint density at radius 3 is 1.11 bits per heavy atom. The Morgan fingerprint density at radius 1 is 0.489 bits per heavy atom. The van der Waals surface area contributed by atoms with Crippen LogP contribution in [-0.2, 0) is 38.1 Å². The zero-order valence-electron chi connectivity index (χ0n) is 29.6. The van der Waals surface area contributed by atoms with Crippen LogP contribution < -0.4 is 10.6 Å². The zero-order valence-corrected chi connectivity index (χ0v) is 33.2. The van der Waals surface area contributed by atoms with Gasteiger partial charge in [0.05, 0.1) is 33.2 Å². The molecule has 0 atom stereocenters. The molecule has 0 radical (unpaired) electrons. The van der Waals surface area contributed by atoms with Crippen molar-refractivity contribution in [3.8, 4) is 0 Å². The number of ketones is 1. The SMILES string of the molecule is CC(C)[PH+](c1ccccc1CCc1ccccc1[PH+](C(C)C)C(C)C)C(C)C.O=C(/C=C\c1ccccc1)/C=C/c1ccccc1.[Pd]. The summed E-state index contributed by atoms with van der Waals surface area (Å²) in [6.45, 7) is 19.3. The Kier molecular flexibility index (Phi) is 18.6. The van der Waals surface area contributed by atoms with Gasteiger partial charge in [-0.25, -0.2) is 0 Å². The molecule has 47 heavy (non-hydrogen) atoms. The van der Waals surface area contributed by atoms with E-state index >= 15 is 0 Å². The third-order valence-corrected chi connectivity index (χ3v) is 15.5. The fourth-order valence-corrected chi connectivity index (χ4v) is 13.3. The van der Waals surface area contributed by atoms with Crippen LogP contribution in [0.5, 0.6) is 0 Å². The molecule has 4 heteroatoms. The van der Waals surface area contributed by atoms with E-state index in [9.17, 15) is 4.79 Å². The average molecular weight is 757 g/mol. The summed E-state index contributed by atoms with van der Waals surface area (Å²) in [5.74, 6) is -0.0114. The molecule has 0 heterocycles. The second-order valence-electron chi connectivity index (χ2n) is 13.2. The molecule has 0 aliphatic carbocycles. The average Bonchev–Trinajstić information content (AvgIpc) is 3.03. The molecular weight excluding hydrogens is 701 g/mol. The Morgan fingerprint density at radius 2 is 0.787 bits per heavy atom. The van der Waals surface area contributed by atoms with Gasteiger partial charge in [-0.15, -0.1) is 0 Å². The third-order valence-electron chi connectivity index (χ3n) is 8.29. The normalized spacial score (nSPS) is 11.6. The van der Waals surface area contributed by atoms with Gasteiger partial charge in [0.25, 0.3) is 0 Å². The summed E-state index contributed by atoms with van der Waals surface area (Å²) in [6, 6.07) is 38.2. The standard InChI is InChI=1S/C26H40P2.C17H14O.Pd/c1-19(2)27(20(3)4)25-15-11-9-13-23(25)17-18-24-14-10-12-16-26(24)28(21(5)6)22(7)8;18-17(13-11-15-7-3-1-4-8-15)14-12-16-9-5-2-6-10-16;/h9-16,19-22H,17-18H2,1-8H3;1-14H;/p+2/b;13-11-,14-12+;. The van der Waals surface area contributed by atoms with E-state index in [4.69, 9.17) is 0 Å². The van der Waals surface area contributed by atoms with Crippen molar-refractivity contribution in [3.63, 3.8) is 0 Å². The van der Waals surface area contributed by atoms with Crippen LogP contribution in [0.15, 0.2) is 121 Å². The number of carbonyl (C=O) groups excluding carboxylic acids is 1. The van der Waals surface area contributed by atoms with Crippen LogP contribution in [0.4, 0.5) is 0 Å². The summed E-state index contributed by atoms with van der Waals surface area (Å²) in [5, 5.41) is 3.35. The minimum Gasteiger partial charge on any atom is -0.290 e. The van der Waals surface area contributed by atoms with Gasteiger partial charge in [0.1, 0.15) is 0 Å². The van der Waals surface area contributed by atoms with Gasteiger partial charge in [-0.05, 0) is 115 Å². The van der Waals surface area contributed by atoms with Gasteiger partial charge >= 0.3 is 0 Å². The molecule has 252 valence electrons. The molecule has 0 saturated heterocycles. The summed E-state index contributed by atoms with van der Waals surface area (Å²) >= 11 is 0. The summed E-state index contributed by atoms with van der Waals surface area (Å²) in [7, 11) is -1.07. The summed E-state index contributed by atoms with van der Waals surface area (Å²) in [4.78, 5) is 11.6. The molecule has 0 saturated carbocycles. The van der Waals surface area contributed by atoms with Crippen LogP contribution in [0.25, 0.3) is 12.2 Å². The number of benzene rings is 4. The van der Waals surface area contributed by atoms with Crippen molar-refractivity contribution in [2.45, 2.75) is 90.9 Å². The van der Waals surface area contributed by atoms with Gasteiger partial charge < -0.3 is 0 Å². The maximum Gasteiger partial charge on any atom is 0.178 e. The molecule has 0 unspecified atom stereocenters. The van der Waals surface area contributed by atoms with Crippen LogP contribution in [0.2, 0.25) is 0 Å². The molecule has 4 rings (SSSR count). The van der Waals surface area contributed by atoms with Gasteiger partial charge in [0.15, 0.2) is 5.78 Å². The predicted octanol–water partition coefficient (Wildman–Crippen LogP) is 10.8. The number of hydrogen-bond donors (Lipinski definition) is 0. The van der Waals surface area contributed by atoms with Gasteiger partial charge in [0, 0.05) is 36.3 Å². The van der Waals surface area contributed by atoms with Crippen molar-refractivity contribution in [2.24, 2.45) is 0 Å².